The summed E-state index contributed by atoms with van der Waals surface area (Å²) in [5.74, 6) is 2.35. The zero-order valence-electron chi connectivity index (χ0n) is 16.0. The molecule has 0 spiro atoms. The molecule has 0 saturated carbocycles. The smallest absolute Gasteiger partial charge is 0.188 e. The molecule has 4 nitrogen and oxygen atoms in total. The van der Waals surface area contributed by atoms with Gasteiger partial charge in [-0.05, 0) is 41.3 Å². The number of benzene rings is 2. The lowest BCUT2D eigenvalue weighted by Gasteiger charge is -2.28. The minimum Gasteiger partial charge on any atom is -0.493 e. The quantitative estimate of drug-likeness (QED) is 0.657. The van der Waals surface area contributed by atoms with Crippen LogP contribution < -0.4 is 14.2 Å². The predicted octanol–water partition coefficient (Wildman–Crippen LogP) is 4.57. The summed E-state index contributed by atoms with van der Waals surface area (Å²) in [7, 11) is 4.93. The third kappa shape index (κ3) is 4.07. The standard InChI is InChI=1S/C21H28O4/c1-7-15-12-16(8-10-18(15)25-14-22-4)21(2,3)17-9-11-19(23-5)20(13-17)24-6/h8-13H,7,14H2,1-6H3. The van der Waals surface area contributed by atoms with Crippen LogP contribution in [0.1, 0.15) is 37.5 Å². The number of ether oxygens (including phenoxy) is 4. The summed E-state index contributed by atoms with van der Waals surface area (Å²) in [5, 5.41) is 0. The van der Waals surface area contributed by atoms with Crippen molar-refractivity contribution in [1.82, 2.24) is 0 Å². The van der Waals surface area contributed by atoms with E-state index in [-0.39, 0.29) is 12.2 Å². The first kappa shape index (κ1) is 19.1. The van der Waals surface area contributed by atoms with Crippen molar-refractivity contribution in [1.29, 1.82) is 0 Å². The molecular formula is C21H28O4. The van der Waals surface area contributed by atoms with E-state index in [9.17, 15) is 0 Å². The van der Waals surface area contributed by atoms with Gasteiger partial charge in [0.05, 0.1) is 14.2 Å². The molecule has 0 N–H and O–H groups in total. The van der Waals surface area contributed by atoms with Gasteiger partial charge in [-0.25, -0.2) is 0 Å². The summed E-state index contributed by atoms with van der Waals surface area (Å²) in [4.78, 5) is 0. The van der Waals surface area contributed by atoms with Crippen molar-refractivity contribution in [3.05, 3.63) is 53.1 Å². The Morgan fingerprint density at radius 1 is 0.800 bits per heavy atom. The molecule has 0 aliphatic carbocycles. The van der Waals surface area contributed by atoms with E-state index in [2.05, 4.69) is 39.0 Å². The van der Waals surface area contributed by atoms with Crippen molar-refractivity contribution in [2.45, 2.75) is 32.6 Å². The van der Waals surface area contributed by atoms with Gasteiger partial charge < -0.3 is 18.9 Å². The summed E-state index contributed by atoms with van der Waals surface area (Å²) in [6.45, 7) is 6.80. The Hall–Kier alpha value is -2.20. The number of hydrogen-bond donors (Lipinski definition) is 0. The molecule has 0 fully saturated rings. The Morgan fingerprint density at radius 3 is 1.96 bits per heavy atom. The third-order valence-electron chi connectivity index (χ3n) is 4.60. The first-order valence-corrected chi connectivity index (χ1v) is 8.45. The topological polar surface area (TPSA) is 36.9 Å². The minimum absolute atomic E-state index is 0.177. The minimum atomic E-state index is -0.177. The Kier molecular flexibility index (Phi) is 6.32. The fraction of sp³-hybridized carbons (Fsp3) is 0.429. The number of rotatable bonds is 8. The lowest BCUT2D eigenvalue weighted by molar-refractivity contribution is 0.0504. The van der Waals surface area contributed by atoms with E-state index < -0.39 is 0 Å². The lowest BCUT2D eigenvalue weighted by atomic mass is 9.77. The van der Waals surface area contributed by atoms with Crippen LogP contribution in [0.5, 0.6) is 17.2 Å². The van der Waals surface area contributed by atoms with Crippen LogP contribution >= 0.6 is 0 Å². The first-order valence-electron chi connectivity index (χ1n) is 8.45. The van der Waals surface area contributed by atoms with Crippen LogP contribution in [0, 0.1) is 0 Å². The third-order valence-corrected chi connectivity index (χ3v) is 4.60. The highest BCUT2D eigenvalue weighted by molar-refractivity contribution is 5.50. The highest BCUT2D eigenvalue weighted by Crippen LogP contribution is 2.38. The average Bonchev–Trinajstić information content (AvgIpc) is 2.65. The summed E-state index contributed by atoms with van der Waals surface area (Å²) in [6, 6.07) is 12.4. The molecule has 25 heavy (non-hydrogen) atoms. The summed E-state index contributed by atoms with van der Waals surface area (Å²) < 4.78 is 21.5. The zero-order chi connectivity index (χ0) is 18.4. The van der Waals surface area contributed by atoms with Crippen LogP contribution in [0.15, 0.2) is 36.4 Å². The monoisotopic (exact) mass is 344 g/mol. The Morgan fingerprint density at radius 2 is 1.40 bits per heavy atom. The van der Waals surface area contributed by atoms with Gasteiger partial charge in [-0.3, -0.25) is 0 Å². The van der Waals surface area contributed by atoms with Gasteiger partial charge in [0.25, 0.3) is 0 Å². The van der Waals surface area contributed by atoms with E-state index in [0.717, 1.165) is 29.2 Å². The molecule has 0 aromatic heterocycles. The molecule has 0 unspecified atom stereocenters. The van der Waals surface area contributed by atoms with Gasteiger partial charge in [0, 0.05) is 12.5 Å². The van der Waals surface area contributed by atoms with Crippen molar-refractivity contribution >= 4 is 0 Å². The Balaban J connectivity index is 2.41. The van der Waals surface area contributed by atoms with Crippen LogP contribution in [-0.4, -0.2) is 28.1 Å². The van der Waals surface area contributed by atoms with Gasteiger partial charge in [0.15, 0.2) is 18.3 Å². The molecule has 0 bridgehead atoms. The second-order valence-electron chi connectivity index (χ2n) is 6.42. The molecule has 0 atom stereocenters. The van der Waals surface area contributed by atoms with Crippen molar-refractivity contribution < 1.29 is 18.9 Å². The maximum atomic E-state index is 5.66. The molecule has 2 aromatic carbocycles. The van der Waals surface area contributed by atoms with E-state index in [1.54, 1.807) is 21.3 Å². The number of aryl methyl sites for hydroxylation is 1. The van der Waals surface area contributed by atoms with Crippen LogP contribution in [0.3, 0.4) is 0 Å². The summed E-state index contributed by atoms with van der Waals surface area (Å²) in [5.41, 5.74) is 3.38. The predicted molar refractivity (Wildman–Crippen MR) is 100.0 cm³/mol. The van der Waals surface area contributed by atoms with Gasteiger partial charge in [-0.2, -0.15) is 0 Å². The molecule has 2 rings (SSSR count). The van der Waals surface area contributed by atoms with Gasteiger partial charge in [-0.1, -0.05) is 39.0 Å². The lowest BCUT2D eigenvalue weighted by Crippen LogP contribution is -2.19. The highest BCUT2D eigenvalue weighted by atomic mass is 16.7. The molecule has 0 saturated heterocycles. The van der Waals surface area contributed by atoms with E-state index in [4.69, 9.17) is 18.9 Å². The maximum absolute atomic E-state index is 5.66. The molecule has 136 valence electrons. The Bertz CT molecular complexity index is 707. The molecule has 0 aliphatic heterocycles. The summed E-state index contributed by atoms with van der Waals surface area (Å²) >= 11 is 0. The second-order valence-corrected chi connectivity index (χ2v) is 6.42. The van der Waals surface area contributed by atoms with Crippen molar-refractivity contribution in [2.75, 3.05) is 28.1 Å². The first-order chi connectivity index (χ1) is 12.0. The van der Waals surface area contributed by atoms with E-state index in [1.165, 1.54) is 11.1 Å². The van der Waals surface area contributed by atoms with Gasteiger partial charge in [0.2, 0.25) is 0 Å². The molecular weight excluding hydrogens is 316 g/mol. The largest absolute Gasteiger partial charge is 0.493 e. The highest BCUT2D eigenvalue weighted by Gasteiger charge is 2.25. The maximum Gasteiger partial charge on any atom is 0.188 e. The van der Waals surface area contributed by atoms with Crippen molar-refractivity contribution in [2.24, 2.45) is 0 Å². The molecule has 0 radical (unpaired) electrons. The average molecular weight is 344 g/mol. The number of methoxy groups -OCH3 is 3. The SMILES string of the molecule is CCc1cc(C(C)(C)c2ccc(OC)c(OC)c2)ccc1OCOC. The normalized spacial score (nSPS) is 11.3. The van der Waals surface area contributed by atoms with Crippen LogP contribution in [0.2, 0.25) is 0 Å². The Labute approximate surface area is 150 Å². The van der Waals surface area contributed by atoms with E-state index in [1.807, 2.05) is 18.2 Å². The van der Waals surface area contributed by atoms with Crippen molar-refractivity contribution in [3.8, 4) is 17.2 Å². The fourth-order valence-corrected chi connectivity index (χ4v) is 2.90. The summed E-state index contributed by atoms with van der Waals surface area (Å²) in [6.07, 6.45) is 0.898. The van der Waals surface area contributed by atoms with E-state index >= 15 is 0 Å². The molecule has 2 aromatic rings. The van der Waals surface area contributed by atoms with Gasteiger partial charge in [0.1, 0.15) is 5.75 Å². The van der Waals surface area contributed by atoms with Gasteiger partial charge in [-0.15, -0.1) is 0 Å². The van der Waals surface area contributed by atoms with Crippen molar-refractivity contribution in [3.63, 3.8) is 0 Å². The zero-order valence-corrected chi connectivity index (χ0v) is 16.0. The molecule has 0 heterocycles. The van der Waals surface area contributed by atoms with Gasteiger partial charge >= 0.3 is 0 Å². The molecule has 0 amide bonds. The van der Waals surface area contributed by atoms with Crippen LogP contribution in [-0.2, 0) is 16.6 Å². The number of hydrogen-bond acceptors (Lipinski definition) is 4. The van der Waals surface area contributed by atoms with Crippen LogP contribution in [0.4, 0.5) is 0 Å². The fourth-order valence-electron chi connectivity index (χ4n) is 2.90. The van der Waals surface area contributed by atoms with Crippen LogP contribution in [0.25, 0.3) is 0 Å². The second kappa shape index (κ2) is 8.26. The molecule has 0 aliphatic rings. The van der Waals surface area contributed by atoms with E-state index in [0.29, 0.717) is 0 Å². The molecule has 4 heteroatoms.